The van der Waals surface area contributed by atoms with Crippen molar-refractivity contribution in [3.63, 3.8) is 0 Å². The topological polar surface area (TPSA) is 155 Å². The van der Waals surface area contributed by atoms with Crippen molar-refractivity contribution in [2.75, 3.05) is 0 Å². The van der Waals surface area contributed by atoms with Crippen molar-refractivity contribution >= 4 is 96.2 Å². The zero-order chi connectivity index (χ0) is 7.15. The predicted molar refractivity (Wildman–Crippen MR) is 28.7 cm³/mol. The minimum Gasteiger partial charge on any atom is -2.00 e. The Hall–Kier alpha value is 1.29. The second-order valence-electron chi connectivity index (χ2n) is 0.500. The van der Waals surface area contributed by atoms with Gasteiger partial charge in [-0.15, -0.1) is 0 Å². The van der Waals surface area contributed by atoms with E-state index in [4.69, 9.17) is 30.0 Å². The van der Waals surface area contributed by atoms with Gasteiger partial charge >= 0.3 is 83.8 Å². The van der Waals surface area contributed by atoms with Crippen LogP contribution < -0.4 is 20.4 Å². The van der Waals surface area contributed by atoms with Gasteiger partial charge in [0, 0.05) is 0 Å². The van der Waals surface area contributed by atoms with Crippen LogP contribution in [-0.2, 0) is 5.48 Å². The van der Waals surface area contributed by atoms with Gasteiger partial charge in [0.15, 0.2) is 0 Å². The maximum absolute atomic E-state index is 8.33. The third-order valence-corrected chi connectivity index (χ3v) is 0. The van der Waals surface area contributed by atoms with Gasteiger partial charge in [-0.25, -0.2) is 0 Å². The van der Waals surface area contributed by atoms with Crippen LogP contribution in [0.1, 0.15) is 0 Å². The third kappa shape index (κ3) is 716. The molecule has 0 spiro atoms. The number of hydrogen-bond donors (Lipinski definition) is 0. The van der Waals surface area contributed by atoms with Crippen LogP contribution in [0.4, 0.5) is 9.59 Å². The van der Waals surface area contributed by atoms with Crippen molar-refractivity contribution in [3.05, 3.63) is 0 Å². The van der Waals surface area contributed by atoms with Crippen molar-refractivity contribution in [2.45, 2.75) is 0 Å². The molecule has 0 radical (unpaired) electrons. The molecule has 0 unspecified atom stereocenters. The fourth-order valence-electron chi connectivity index (χ4n) is 0. The molecule has 0 aromatic rings. The molecule has 0 amide bonds. The van der Waals surface area contributed by atoms with Crippen molar-refractivity contribution < 1.29 is 35.5 Å². The zero-order valence-electron chi connectivity index (χ0n) is 5.98. The Labute approximate surface area is 130 Å². The monoisotopic (exact) mass is 224 g/mol. The van der Waals surface area contributed by atoms with Crippen LogP contribution in [0.25, 0.3) is 0 Å². The van der Waals surface area contributed by atoms with E-state index in [1.165, 1.54) is 0 Å². The first kappa shape index (κ1) is 37.8. The first-order chi connectivity index (χ1) is 3.46. The van der Waals surface area contributed by atoms with E-state index in [1.54, 1.807) is 0 Å². The molecule has 0 saturated heterocycles. The number of carbonyl (C=O) groups is 2. The molecule has 0 aromatic heterocycles. The molecule has 0 rings (SSSR count). The van der Waals surface area contributed by atoms with Gasteiger partial charge in [0.2, 0.25) is 0 Å². The maximum Gasteiger partial charge on any atom is 2.00 e. The van der Waals surface area contributed by atoms with Gasteiger partial charge in [-0.05, 0) is 12.3 Å². The van der Waals surface area contributed by atoms with Crippen LogP contribution in [0.3, 0.4) is 0 Å². The Balaban J connectivity index is -0.0000000112. The molecule has 0 fully saturated rings. The van der Waals surface area contributed by atoms with Crippen molar-refractivity contribution in [3.8, 4) is 0 Å². The fraction of sp³-hybridized carbons (Fsp3) is 0. The minimum absolute atomic E-state index is 0. The summed E-state index contributed by atoms with van der Waals surface area (Å²) in [7, 11) is 0. The average Bonchev–Trinajstić information content (AvgIpc) is 1.25. The van der Waals surface area contributed by atoms with E-state index < -0.39 is 12.3 Å². The van der Waals surface area contributed by atoms with Gasteiger partial charge in [0.1, 0.15) is 0 Å². The fourth-order valence-corrected chi connectivity index (χ4v) is 0. The molecule has 56 valence electrons. The SMILES string of the molecule is O=C([O-])[O-].O=C([O-])[O-].[Ca+2].[Mg+2].[Mg+2].[O-2]. The second kappa shape index (κ2) is 29.5. The Kier molecular flexibility index (Phi) is 92.8. The van der Waals surface area contributed by atoms with Crippen molar-refractivity contribution in [1.29, 1.82) is 0 Å². The quantitative estimate of drug-likeness (QED) is 0.373. The molecule has 0 aromatic carbocycles. The van der Waals surface area contributed by atoms with E-state index in [0.29, 0.717) is 0 Å². The van der Waals surface area contributed by atoms with Crippen LogP contribution in [0, 0.1) is 0 Å². The average molecular weight is 225 g/mol. The molecule has 12 heavy (non-hydrogen) atoms. The van der Waals surface area contributed by atoms with E-state index in [2.05, 4.69) is 0 Å². The van der Waals surface area contributed by atoms with Gasteiger partial charge in [0.25, 0.3) is 0 Å². The Morgan fingerprint density at radius 3 is 0.750 bits per heavy atom. The minimum atomic E-state index is -2.33. The smallest absolute Gasteiger partial charge is 2.00 e. The molecule has 10 heteroatoms. The molecule has 0 N–H and O–H groups in total. The van der Waals surface area contributed by atoms with Gasteiger partial charge in [-0.2, -0.15) is 0 Å². The largest absolute Gasteiger partial charge is 2.00 e. The molecule has 0 aliphatic heterocycles. The van der Waals surface area contributed by atoms with Crippen LogP contribution in [0.5, 0.6) is 0 Å². The third-order valence-electron chi connectivity index (χ3n) is 0. The van der Waals surface area contributed by atoms with Crippen molar-refractivity contribution in [1.82, 2.24) is 0 Å². The van der Waals surface area contributed by atoms with Gasteiger partial charge < -0.3 is 35.5 Å². The summed E-state index contributed by atoms with van der Waals surface area (Å²) in [4.78, 5) is 16.7. The summed E-state index contributed by atoms with van der Waals surface area (Å²) >= 11 is 0. The summed E-state index contributed by atoms with van der Waals surface area (Å²) in [6.45, 7) is 0. The van der Waals surface area contributed by atoms with Gasteiger partial charge in [0.05, 0.1) is 0 Å². The predicted octanol–water partition coefficient (Wildman–Crippen LogP) is -6.16. The molecular formula is C2CaMg2O7. The van der Waals surface area contributed by atoms with E-state index >= 15 is 0 Å². The first-order valence-corrected chi connectivity index (χ1v) is 1.22. The van der Waals surface area contributed by atoms with Crippen LogP contribution in [0.15, 0.2) is 0 Å². The summed E-state index contributed by atoms with van der Waals surface area (Å²) in [5.74, 6) is 0. The molecule has 7 nitrogen and oxygen atoms in total. The van der Waals surface area contributed by atoms with E-state index in [1.807, 2.05) is 0 Å². The molecular weight excluding hydrogens is 225 g/mol. The maximum atomic E-state index is 8.33. The Bertz CT molecular complexity index is 77.4. The summed E-state index contributed by atoms with van der Waals surface area (Å²) in [5.41, 5.74) is 0. The number of hydrogen-bond acceptors (Lipinski definition) is 6. The van der Waals surface area contributed by atoms with E-state index in [9.17, 15) is 0 Å². The Morgan fingerprint density at radius 1 is 0.750 bits per heavy atom. The number of carbonyl (C=O) groups excluding carboxylic acids is 2. The van der Waals surface area contributed by atoms with Crippen LogP contribution in [-0.4, -0.2) is 96.2 Å². The second-order valence-corrected chi connectivity index (χ2v) is 0.500. The molecule has 0 aliphatic rings. The van der Waals surface area contributed by atoms with Gasteiger partial charge in [-0.3, -0.25) is 0 Å². The summed E-state index contributed by atoms with van der Waals surface area (Å²) in [6, 6.07) is 0. The Morgan fingerprint density at radius 2 is 0.750 bits per heavy atom. The standard InChI is InChI=1S/2CH2O3.Ca.2Mg.O/c2*2-1(3)4;;;;/h2*(H2,2,3,4);;;;/q;;3*+2;-2/p-4. The number of rotatable bonds is 0. The van der Waals surface area contributed by atoms with E-state index in [-0.39, 0.29) is 89.3 Å². The molecule has 0 heterocycles. The van der Waals surface area contributed by atoms with E-state index in [0.717, 1.165) is 0 Å². The first-order valence-electron chi connectivity index (χ1n) is 1.22. The van der Waals surface area contributed by atoms with Gasteiger partial charge in [-0.1, -0.05) is 0 Å². The summed E-state index contributed by atoms with van der Waals surface area (Å²) < 4.78 is 0. The normalized spacial score (nSPS) is 4.00. The van der Waals surface area contributed by atoms with Crippen LogP contribution in [0.2, 0.25) is 0 Å². The molecule has 0 saturated carbocycles. The van der Waals surface area contributed by atoms with Crippen molar-refractivity contribution in [2.24, 2.45) is 0 Å². The molecule has 0 aliphatic carbocycles. The molecule has 0 bridgehead atoms. The number of carboxylic acid groups (broad SMARTS) is 4. The summed E-state index contributed by atoms with van der Waals surface area (Å²) in [6.07, 6.45) is -4.67. The zero-order valence-corrected chi connectivity index (χ0v) is 11.0. The molecule has 0 atom stereocenters. The summed E-state index contributed by atoms with van der Waals surface area (Å²) in [5, 5.41) is 33.3. The van der Waals surface area contributed by atoms with Crippen LogP contribution >= 0.6 is 0 Å².